The number of rotatable bonds is 4. The second-order valence-corrected chi connectivity index (χ2v) is 8.80. The van der Waals surface area contributed by atoms with Crippen LogP contribution in [0.1, 0.15) is 31.7 Å². The Kier molecular flexibility index (Phi) is 4.31. The summed E-state index contributed by atoms with van der Waals surface area (Å²) in [6.45, 7) is 6.63. The summed E-state index contributed by atoms with van der Waals surface area (Å²) in [5.74, 6) is 0. The highest BCUT2D eigenvalue weighted by atomic mass is 32.2. The first-order chi connectivity index (χ1) is 12.5. The number of aromatic nitrogens is 3. The van der Waals surface area contributed by atoms with Crippen molar-refractivity contribution in [1.82, 2.24) is 14.1 Å². The molecular weight excluding hydrogens is 338 g/mol. The molecule has 0 aliphatic carbocycles. The van der Waals surface area contributed by atoms with Gasteiger partial charge >= 0.3 is 0 Å². The summed E-state index contributed by atoms with van der Waals surface area (Å²) < 4.78 is 4.63. The monoisotopic (exact) mass is 363 g/mol. The SMILES string of the molecule is CSC(Cc1cnc2c(ccn2C(C)(C)C)c1)n1ccc2ccccc21. The van der Waals surface area contributed by atoms with Crippen molar-refractivity contribution in [1.29, 1.82) is 0 Å². The minimum atomic E-state index is 0.0438. The van der Waals surface area contributed by atoms with Gasteiger partial charge in [-0.2, -0.15) is 0 Å². The molecule has 0 saturated heterocycles. The van der Waals surface area contributed by atoms with Gasteiger partial charge in [0.1, 0.15) is 5.65 Å². The summed E-state index contributed by atoms with van der Waals surface area (Å²) >= 11 is 1.88. The Morgan fingerprint density at radius 3 is 2.58 bits per heavy atom. The van der Waals surface area contributed by atoms with Gasteiger partial charge in [-0.05, 0) is 62.2 Å². The number of fused-ring (bicyclic) bond motifs is 2. The van der Waals surface area contributed by atoms with Crippen molar-refractivity contribution in [3.05, 3.63) is 66.6 Å². The maximum Gasteiger partial charge on any atom is 0.140 e. The normalized spacial score (nSPS) is 13.5. The molecule has 3 aromatic heterocycles. The van der Waals surface area contributed by atoms with Crippen LogP contribution in [-0.2, 0) is 12.0 Å². The fourth-order valence-corrected chi connectivity index (χ4v) is 4.35. The van der Waals surface area contributed by atoms with Crippen LogP contribution in [0.3, 0.4) is 0 Å². The van der Waals surface area contributed by atoms with Crippen LogP contribution in [0.5, 0.6) is 0 Å². The standard InChI is InChI=1S/C22H25N3S/c1-22(2,3)25-12-10-18-13-16(15-23-21(18)25)14-20(26-4)24-11-9-17-7-5-6-8-19(17)24/h5-13,15,20H,14H2,1-4H3. The zero-order chi connectivity index (χ0) is 18.3. The van der Waals surface area contributed by atoms with Crippen LogP contribution < -0.4 is 0 Å². The summed E-state index contributed by atoms with van der Waals surface area (Å²) in [6.07, 6.45) is 9.53. The highest BCUT2D eigenvalue weighted by Gasteiger charge is 2.17. The van der Waals surface area contributed by atoms with Gasteiger partial charge in [0.25, 0.3) is 0 Å². The molecule has 0 radical (unpaired) electrons. The lowest BCUT2D eigenvalue weighted by Gasteiger charge is -2.22. The molecule has 134 valence electrons. The Morgan fingerprint density at radius 1 is 1.04 bits per heavy atom. The molecule has 0 amide bonds. The molecule has 0 spiro atoms. The molecule has 0 saturated carbocycles. The number of para-hydroxylation sites is 1. The lowest BCUT2D eigenvalue weighted by atomic mass is 10.1. The molecule has 1 unspecified atom stereocenters. The molecule has 4 rings (SSSR count). The van der Waals surface area contributed by atoms with Crippen molar-refractivity contribution in [2.45, 2.75) is 38.1 Å². The van der Waals surface area contributed by atoms with Crippen LogP contribution >= 0.6 is 11.8 Å². The quantitative estimate of drug-likeness (QED) is 0.454. The Labute approximate surface area is 159 Å². The molecule has 0 aliphatic rings. The molecule has 26 heavy (non-hydrogen) atoms. The van der Waals surface area contributed by atoms with E-state index >= 15 is 0 Å². The first kappa shape index (κ1) is 17.2. The molecular formula is C22H25N3S. The van der Waals surface area contributed by atoms with E-state index in [4.69, 9.17) is 4.98 Å². The summed E-state index contributed by atoms with van der Waals surface area (Å²) in [5.41, 5.74) is 3.68. The second-order valence-electron chi connectivity index (χ2n) is 7.79. The Morgan fingerprint density at radius 2 is 1.81 bits per heavy atom. The topological polar surface area (TPSA) is 22.8 Å². The first-order valence-corrected chi connectivity index (χ1v) is 10.3. The molecule has 0 fully saturated rings. The molecule has 4 heteroatoms. The van der Waals surface area contributed by atoms with E-state index in [1.165, 1.54) is 21.9 Å². The number of hydrogen-bond acceptors (Lipinski definition) is 2. The average Bonchev–Trinajstić information content (AvgIpc) is 3.23. The van der Waals surface area contributed by atoms with Crippen molar-refractivity contribution in [2.24, 2.45) is 0 Å². The third kappa shape index (κ3) is 3.03. The molecule has 0 N–H and O–H groups in total. The minimum Gasteiger partial charge on any atom is -0.335 e. The predicted octanol–water partition coefficient (Wildman–Crippen LogP) is 5.85. The van der Waals surface area contributed by atoms with E-state index in [0.29, 0.717) is 5.37 Å². The molecule has 3 nitrogen and oxygen atoms in total. The molecule has 3 heterocycles. The van der Waals surface area contributed by atoms with Crippen molar-refractivity contribution in [2.75, 3.05) is 6.26 Å². The lowest BCUT2D eigenvalue weighted by Crippen LogP contribution is -2.20. The van der Waals surface area contributed by atoms with Gasteiger partial charge in [0.2, 0.25) is 0 Å². The molecule has 0 aliphatic heterocycles. The fourth-order valence-electron chi connectivity index (χ4n) is 3.57. The van der Waals surface area contributed by atoms with Crippen LogP contribution in [0.2, 0.25) is 0 Å². The molecule has 0 bridgehead atoms. The summed E-state index contributed by atoms with van der Waals surface area (Å²) in [7, 11) is 0. The third-order valence-corrected chi connectivity index (χ3v) is 5.87. The van der Waals surface area contributed by atoms with Crippen molar-refractivity contribution >= 4 is 33.7 Å². The van der Waals surface area contributed by atoms with Crippen LogP contribution in [0.25, 0.3) is 21.9 Å². The van der Waals surface area contributed by atoms with Crippen molar-refractivity contribution in [3.8, 4) is 0 Å². The van der Waals surface area contributed by atoms with E-state index in [1.807, 2.05) is 18.0 Å². The maximum absolute atomic E-state index is 4.78. The van der Waals surface area contributed by atoms with Crippen LogP contribution in [0.15, 0.2) is 61.1 Å². The summed E-state index contributed by atoms with van der Waals surface area (Å²) in [5, 5.41) is 2.87. The van der Waals surface area contributed by atoms with Crippen LogP contribution in [-0.4, -0.2) is 20.4 Å². The van der Waals surface area contributed by atoms with E-state index < -0.39 is 0 Å². The number of nitrogens with zero attached hydrogens (tertiary/aromatic N) is 3. The molecule has 1 aromatic carbocycles. The zero-order valence-corrected chi connectivity index (χ0v) is 16.6. The van der Waals surface area contributed by atoms with Gasteiger partial charge in [-0.25, -0.2) is 4.98 Å². The summed E-state index contributed by atoms with van der Waals surface area (Å²) in [4.78, 5) is 4.78. The largest absolute Gasteiger partial charge is 0.335 e. The van der Waals surface area contributed by atoms with Gasteiger partial charge < -0.3 is 9.13 Å². The van der Waals surface area contributed by atoms with Gasteiger partial charge in [0.15, 0.2) is 0 Å². The van der Waals surface area contributed by atoms with Crippen LogP contribution in [0.4, 0.5) is 0 Å². The zero-order valence-electron chi connectivity index (χ0n) is 15.8. The van der Waals surface area contributed by atoms with Gasteiger partial charge in [-0.3, -0.25) is 0 Å². The Bertz CT molecular complexity index is 1050. The second kappa shape index (κ2) is 6.51. The highest BCUT2D eigenvalue weighted by Crippen LogP contribution is 2.31. The maximum atomic E-state index is 4.78. The van der Waals surface area contributed by atoms with Crippen molar-refractivity contribution < 1.29 is 0 Å². The predicted molar refractivity (Wildman–Crippen MR) is 113 cm³/mol. The van der Waals surface area contributed by atoms with E-state index in [2.05, 4.69) is 91.0 Å². The van der Waals surface area contributed by atoms with Gasteiger partial charge in [-0.15, -0.1) is 11.8 Å². The fraction of sp³-hybridized carbons (Fsp3) is 0.318. The van der Waals surface area contributed by atoms with E-state index in [1.54, 1.807) is 0 Å². The van der Waals surface area contributed by atoms with E-state index in [-0.39, 0.29) is 5.54 Å². The first-order valence-electron chi connectivity index (χ1n) is 9.02. The van der Waals surface area contributed by atoms with Gasteiger partial charge in [0, 0.05) is 41.5 Å². The van der Waals surface area contributed by atoms with Gasteiger partial charge in [0.05, 0.1) is 5.37 Å². The average molecular weight is 364 g/mol. The number of pyridine rings is 1. The smallest absolute Gasteiger partial charge is 0.140 e. The lowest BCUT2D eigenvalue weighted by molar-refractivity contribution is 0.408. The Hall–Kier alpha value is -2.20. The summed E-state index contributed by atoms with van der Waals surface area (Å²) in [6, 6.07) is 15.2. The van der Waals surface area contributed by atoms with E-state index in [9.17, 15) is 0 Å². The molecule has 1 atom stereocenters. The minimum absolute atomic E-state index is 0.0438. The number of thioether (sulfide) groups is 1. The number of benzene rings is 1. The van der Waals surface area contributed by atoms with E-state index in [0.717, 1.165) is 12.1 Å². The van der Waals surface area contributed by atoms with Gasteiger partial charge in [-0.1, -0.05) is 18.2 Å². The Balaban J connectivity index is 1.67. The van der Waals surface area contributed by atoms with Crippen molar-refractivity contribution in [3.63, 3.8) is 0 Å². The van der Waals surface area contributed by atoms with Crippen LogP contribution in [0, 0.1) is 0 Å². The number of hydrogen-bond donors (Lipinski definition) is 0. The third-order valence-electron chi connectivity index (χ3n) is 4.93. The highest BCUT2D eigenvalue weighted by molar-refractivity contribution is 7.98. The molecule has 4 aromatic rings.